The summed E-state index contributed by atoms with van der Waals surface area (Å²) in [4.78, 5) is 12.4. The fraction of sp³-hybridized carbons (Fsp3) is 0.533. The van der Waals surface area contributed by atoms with Crippen molar-refractivity contribution in [2.75, 3.05) is 18.6 Å². The van der Waals surface area contributed by atoms with Crippen molar-refractivity contribution in [3.05, 3.63) is 23.8 Å². The normalized spacial score (nSPS) is 21.7. The van der Waals surface area contributed by atoms with Crippen LogP contribution < -0.4 is 15.8 Å². The standard InChI is InChI=1S/C15H22N2O2S/c1-3-20-14-6-4-5-12(14)17-15(18)11-9-10(16)7-8-13(11)19-2/h7-9,12,14H,3-6,16H2,1-2H3,(H,17,18). The van der Waals surface area contributed by atoms with E-state index >= 15 is 0 Å². The molecule has 0 bridgehead atoms. The molecule has 5 heteroatoms. The molecule has 0 heterocycles. The predicted molar refractivity (Wildman–Crippen MR) is 84.4 cm³/mol. The summed E-state index contributed by atoms with van der Waals surface area (Å²) in [7, 11) is 1.56. The van der Waals surface area contributed by atoms with Crippen LogP contribution in [0.25, 0.3) is 0 Å². The van der Waals surface area contributed by atoms with Crippen molar-refractivity contribution in [2.45, 2.75) is 37.5 Å². The minimum Gasteiger partial charge on any atom is -0.496 e. The first-order valence-corrected chi connectivity index (χ1v) is 8.06. The van der Waals surface area contributed by atoms with Crippen LogP contribution in [0.1, 0.15) is 36.5 Å². The van der Waals surface area contributed by atoms with Crippen LogP contribution in [0.3, 0.4) is 0 Å². The fourth-order valence-corrected chi connectivity index (χ4v) is 3.85. The van der Waals surface area contributed by atoms with Crippen LogP contribution in [0, 0.1) is 0 Å². The Morgan fingerprint density at radius 2 is 2.30 bits per heavy atom. The summed E-state index contributed by atoms with van der Waals surface area (Å²) in [6, 6.07) is 5.39. The molecule has 2 unspecified atom stereocenters. The topological polar surface area (TPSA) is 64.4 Å². The highest BCUT2D eigenvalue weighted by Crippen LogP contribution is 2.30. The lowest BCUT2D eigenvalue weighted by molar-refractivity contribution is 0.0935. The highest BCUT2D eigenvalue weighted by molar-refractivity contribution is 7.99. The van der Waals surface area contributed by atoms with Crippen LogP contribution in [-0.2, 0) is 0 Å². The van der Waals surface area contributed by atoms with Gasteiger partial charge in [-0.2, -0.15) is 11.8 Å². The van der Waals surface area contributed by atoms with E-state index in [2.05, 4.69) is 12.2 Å². The Balaban J connectivity index is 2.10. The summed E-state index contributed by atoms with van der Waals surface area (Å²) in [5, 5.41) is 3.66. The number of thioether (sulfide) groups is 1. The number of nitrogen functional groups attached to an aromatic ring is 1. The third kappa shape index (κ3) is 3.39. The third-order valence-corrected chi connectivity index (χ3v) is 4.94. The summed E-state index contributed by atoms with van der Waals surface area (Å²) < 4.78 is 5.24. The van der Waals surface area contributed by atoms with Gasteiger partial charge in [0.1, 0.15) is 5.75 Å². The number of benzene rings is 1. The van der Waals surface area contributed by atoms with Crippen LogP contribution >= 0.6 is 11.8 Å². The van der Waals surface area contributed by atoms with Crippen molar-refractivity contribution in [1.29, 1.82) is 0 Å². The molecule has 2 rings (SSSR count). The number of methoxy groups -OCH3 is 1. The maximum Gasteiger partial charge on any atom is 0.255 e. The molecular weight excluding hydrogens is 272 g/mol. The first kappa shape index (κ1) is 15.0. The Morgan fingerprint density at radius 3 is 3.00 bits per heavy atom. The molecule has 1 amide bonds. The Kier molecular flexibility index (Phi) is 5.17. The Morgan fingerprint density at radius 1 is 1.50 bits per heavy atom. The minimum absolute atomic E-state index is 0.0947. The Labute approximate surface area is 124 Å². The Bertz CT molecular complexity index is 479. The average molecular weight is 294 g/mol. The summed E-state index contributed by atoms with van der Waals surface area (Å²) in [6.45, 7) is 2.16. The SMILES string of the molecule is CCSC1CCCC1NC(=O)c1cc(N)ccc1OC. The van der Waals surface area contributed by atoms with Gasteiger partial charge in [0.05, 0.1) is 12.7 Å². The van der Waals surface area contributed by atoms with E-state index in [0.717, 1.165) is 12.2 Å². The zero-order valence-corrected chi connectivity index (χ0v) is 12.8. The highest BCUT2D eigenvalue weighted by atomic mass is 32.2. The quantitative estimate of drug-likeness (QED) is 0.820. The molecule has 2 atom stereocenters. The molecule has 1 saturated carbocycles. The number of anilines is 1. The van der Waals surface area contributed by atoms with E-state index in [1.807, 2.05) is 11.8 Å². The van der Waals surface area contributed by atoms with Gasteiger partial charge in [0, 0.05) is 17.0 Å². The van der Waals surface area contributed by atoms with Gasteiger partial charge in [-0.3, -0.25) is 4.79 Å². The van der Waals surface area contributed by atoms with Crippen molar-refractivity contribution in [3.63, 3.8) is 0 Å². The molecular formula is C15H22N2O2S. The van der Waals surface area contributed by atoms with E-state index in [1.165, 1.54) is 12.8 Å². The zero-order valence-electron chi connectivity index (χ0n) is 12.0. The molecule has 3 N–H and O–H groups in total. The molecule has 1 aliphatic carbocycles. The zero-order chi connectivity index (χ0) is 14.5. The minimum atomic E-state index is -0.0947. The summed E-state index contributed by atoms with van der Waals surface area (Å²) in [5.74, 6) is 1.55. The van der Waals surface area contributed by atoms with E-state index in [4.69, 9.17) is 10.5 Å². The highest BCUT2D eigenvalue weighted by Gasteiger charge is 2.29. The van der Waals surface area contributed by atoms with Crippen molar-refractivity contribution in [3.8, 4) is 5.75 Å². The van der Waals surface area contributed by atoms with E-state index < -0.39 is 0 Å². The van der Waals surface area contributed by atoms with Gasteiger partial charge in [0.15, 0.2) is 0 Å². The molecule has 1 fully saturated rings. The van der Waals surface area contributed by atoms with Crippen LogP contribution in [-0.4, -0.2) is 30.1 Å². The van der Waals surface area contributed by atoms with Crippen LogP contribution in [0.4, 0.5) is 5.69 Å². The van der Waals surface area contributed by atoms with E-state index in [0.29, 0.717) is 22.3 Å². The lowest BCUT2D eigenvalue weighted by atomic mass is 10.1. The van der Waals surface area contributed by atoms with E-state index in [1.54, 1.807) is 25.3 Å². The number of amides is 1. The molecule has 1 aromatic rings. The molecule has 0 radical (unpaired) electrons. The van der Waals surface area contributed by atoms with Crippen molar-refractivity contribution < 1.29 is 9.53 Å². The number of hydrogen-bond donors (Lipinski definition) is 2. The molecule has 0 spiro atoms. The van der Waals surface area contributed by atoms with Crippen LogP contribution in [0.15, 0.2) is 18.2 Å². The number of rotatable bonds is 5. The predicted octanol–water partition coefficient (Wildman–Crippen LogP) is 2.68. The molecule has 0 aromatic heterocycles. The molecule has 0 saturated heterocycles. The van der Waals surface area contributed by atoms with Gasteiger partial charge >= 0.3 is 0 Å². The molecule has 0 aliphatic heterocycles. The molecule has 20 heavy (non-hydrogen) atoms. The van der Waals surface area contributed by atoms with E-state index in [9.17, 15) is 4.79 Å². The summed E-state index contributed by atoms with van der Waals surface area (Å²) >= 11 is 1.93. The summed E-state index contributed by atoms with van der Waals surface area (Å²) in [5.41, 5.74) is 6.85. The molecule has 1 aromatic carbocycles. The first-order valence-electron chi connectivity index (χ1n) is 7.01. The van der Waals surface area contributed by atoms with Gasteiger partial charge < -0.3 is 15.8 Å². The second-order valence-corrected chi connectivity index (χ2v) is 6.48. The average Bonchev–Trinajstić information content (AvgIpc) is 2.86. The fourth-order valence-electron chi connectivity index (χ4n) is 2.65. The number of nitrogens with one attached hydrogen (secondary N) is 1. The van der Waals surface area contributed by atoms with Gasteiger partial charge in [-0.05, 0) is 36.8 Å². The van der Waals surface area contributed by atoms with Crippen molar-refractivity contribution in [1.82, 2.24) is 5.32 Å². The van der Waals surface area contributed by atoms with Gasteiger partial charge in [-0.25, -0.2) is 0 Å². The van der Waals surface area contributed by atoms with Crippen molar-refractivity contribution >= 4 is 23.4 Å². The van der Waals surface area contributed by atoms with Crippen LogP contribution in [0.5, 0.6) is 5.75 Å². The number of nitrogens with two attached hydrogens (primary N) is 1. The molecule has 4 nitrogen and oxygen atoms in total. The third-order valence-electron chi connectivity index (χ3n) is 3.62. The van der Waals surface area contributed by atoms with E-state index in [-0.39, 0.29) is 11.9 Å². The van der Waals surface area contributed by atoms with Gasteiger partial charge in [0.2, 0.25) is 0 Å². The van der Waals surface area contributed by atoms with Crippen molar-refractivity contribution in [2.24, 2.45) is 0 Å². The monoisotopic (exact) mass is 294 g/mol. The number of carbonyl (C=O) groups is 1. The first-order chi connectivity index (χ1) is 9.65. The number of carbonyl (C=O) groups excluding carboxylic acids is 1. The maximum absolute atomic E-state index is 12.4. The van der Waals surface area contributed by atoms with Crippen LogP contribution in [0.2, 0.25) is 0 Å². The Hall–Kier alpha value is -1.36. The second kappa shape index (κ2) is 6.88. The van der Waals surface area contributed by atoms with Gasteiger partial charge in [-0.1, -0.05) is 13.3 Å². The van der Waals surface area contributed by atoms with Gasteiger partial charge in [0.25, 0.3) is 5.91 Å². The largest absolute Gasteiger partial charge is 0.496 e. The number of hydrogen-bond acceptors (Lipinski definition) is 4. The second-order valence-electron chi connectivity index (χ2n) is 4.96. The molecule has 1 aliphatic rings. The maximum atomic E-state index is 12.4. The lowest BCUT2D eigenvalue weighted by Crippen LogP contribution is -2.39. The van der Waals surface area contributed by atoms with Gasteiger partial charge in [-0.15, -0.1) is 0 Å². The lowest BCUT2D eigenvalue weighted by Gasteiger charge is -2.20. The smallest absolute Gasteiger partial charge is 0.255 e. The summed E-state index contributed by atoms with van der Waals surface area (Å²) in [6.07, 6.45) is 3.40. The molecule has 110 valence electrons. The number of ether oxygens (including phenoxy) is 1.